The molecular weight excluding hydrogens is 298 g/mol. The molecule has 0 unspecified atom stereocenters. The number of amides is 1. The maximum absolute atomic E-state index is 12.1. The predicted molar refractivity (Wildman–Crippen MR) is 80.8 cm³/mol. The van der Waals surface area contributed by atoms with E-state index in [0.717, 1.165) is 0 Å². The van der Waals surface area contributed by atoms with Crippen LogP contribution in [-0.2, 0) is 10.3 Å². The number of nitriles is 1. The summed E-state index contributed by atoms with van der Waals surface area (Å²) in [6.07, 6.45) is 2.79. The van der Waals surface area contributed by atoms with Crippen LogP contribution in [0.3, 0.4) is 0 Å². The lowest BCUT2D eigenvalue weighted by atomic mass is 10.1. The van der Waals surface area contributed by atoms with Crippen molar-refractivity contribution < 1.29 is 14.7 Å². The Bertz CT molecular complexity index is 817. The number of anilines is 1. The van der Waals surface area contributed by atoms with E-state index in [4.69, 9.17) is 10.4 Å². The molecule has 8 nitrogen and oxygen atoms in total. The maximum Gasteiger partial charge on any atom is 0.331 e. The summed E-state index contributed by atoms with van der Waals surface area (Å²) in [4.78, 5) is 27.4. The molecule has 0 aliphatic carbocycles. The summed E-state index contributed by atoms with van der Waals surface area (Å²) in [5.41, 5.74) is 0.145. The molecule has 1 amide bonds. The van der Waals surface area contributed by atoms with Gasteiger partial charge in [0.25, 0.3) is 5.91 Å². The van der Waals surface area contributed by atoms with E-state index in [1.807, 2.05) is 6.07 Å². The Morgan fingerprint density at radius 2 is 2.09 bits per heavy atom. The van der Waals surface area contributed by atoms with Gasteiger partial charge < -0.3 is 10.4 Å². The lowest BCUT2D eigenvalue weighted by Gasteiger charge is -2.19. The summed E-state index contributed by atoms with van der Waals surface area (Å²) in [6.45, 7) is 4.64. The minimum absolute atomic E-state index is 0.159. The van der Waals surface area contributed by atoms with Crippen LogP contribution >= 0.6 is 0 Å². The van der Waals surface area contributed by atoms with E-state index in [1.165, 1.54) is 43.1 Å². The molecule has 0 atom stereocenters. The number of carboxylic acids is 1. The third kappa shape index (κ3) is 3.18. The average molecular weight is 313 g/mol. The molecule has 0 bridgehead atoms. The number of aromatic nitrogens is 3. The van der Waals surface area contributed by atoms with Gasteiger partial charge in [-0.2, -0.15) is 10.4 Å². The number of rotatable bonds is 4. The second kappa shape index (κ2) is 5.88. The molecular formula is C15H15N5O3. The van der Waals surface area contributed by atoms with Gasteiger partial charge in [-0.05, 0) is 32.9 Å². The summed E-state index contributed by atoms with van der Waals surface area (Å²) < 4.78 is 1.25. The van der Waals surface area contributed by atoms with Gasteiger partial charge in [-0.1, -0.05) is 0 Å². The highest BCUT2D eigenvalue weighted by atomic mass is 16.4. The van der Waals surface area contributed by atoms with Crippen molar-refractivity contribution in [3.8, 4) is 6.07 Å². The Balaban J connectivity index is 2.19. The number of nitrogens with one attached hydrogen (secondary N) is 1. The molecule has 0 aromatic carbocycles. The number of hydrogen-bond donors (Lipinski definition) is 2. The third-order valence-electron chi connectivity index (χ3n) is 3.38. The van der Waals surface area contributed by atoms with Crippen molar-refractivity contribution in [1.29, 1.82) is 5.26 Å². The van der Waals surface area contributed by atoms with Crippen molar-refractivity contribution in [1.82, 2.24) is 14.8 Å². The molecule has 2 N–H and O–H groups in total. The first-order chi connectivity index (χ1) is 10.8. The number of hydrogen-bond acceptors (Lipinski definition) is 5. The first-order valence-corrected chi connectivity index (χ1v) is 6.73. The van der Waals surface area contributed by atoms with Crippen molar-refractivity contribution in [3.05, 3.63) is 41.5 Å². The number of aryl methyl sites for hydroxylation is 1. The van der Waals surface area contributed by atoms with Gasteiger partial charge in [0.2, 0.25) is 0 Å². The van der Waals surface area contributed by atoms with E-state index in [9.17, 15) is 9.59 Å². The summed E-state index contributed by atoms with van der Waals surface area (Å²) >= 11 is 0. The fraction of sp³-hybridized carbons (Fsp3) is 0.267. The summed E-state index contributed by atoms with van der Waals surface area (Å²) in [7, 11) is 0. The lowest BCUT2D eigenvalue weighted by molar-refractivity contribution is -0.146. The molecule has 0 aliphatic heterocycles. The highest BCUT2D eigenvalue weighted by Crippen LogP contribution is 2.17. The zero-order valence-electron chi connectivity index (χ0n) is 12.9. The number of carbonyl (C=O) groups excluding carboxylic acids is 1. The Morgan fingerprint density at radius 3 is 2.65 bits per heavy atom. The van der Waals surface area contributed by atoms with Crippen LogP contribution in [0.5, 0.6) is 0 Å². The van der Waals surface area contributed by atoms with Crippen LogP contribution in [0.4, 0.5) is 5.69 Å². The molecule has 0 saturated heterocycles. The smallest absolute Gasteiger partial charge is 0.331 e. The zero-order chi connectivity index (χ0) is 17.2. The van der Waals surface area contributed by atoms with Crippen LogP contribution in [0, 0.1) is 18.3 Å². The molecule has 2 heterocycles. The topological polar surface area (TPSA) is 121 Å². The molecule has 0 fully saturated rings. The molecule has 0 aliphatic rings. The highest BCUT2D eigenvalue weighted by Gasteiger charge is 2.30. The Kier molecular flexibility index (Phi) is 4.14. The van der Waals surface area contributed by atoms with Crippen LogP contribution in [0.1, 0.15) is 35.6 Å². The first kappa shape index (κ1) is 16.2. The van der Waals surface area contributed by atoms with Crippen molar-refractivity contribution in [2.24, 2.45) is 0 Å². The van der Waals surface area contributed by atoms with E-state index in [0.29, 0.717) is 16.9 Å². The van der Waals surface area contributed by atoms with Crippen molar-refractivity contribution >= 4 is 17.6 Å². The first-order valence-electron chi connectivity index (χ1n) is 6.73. The Morgan fingerprint density at radius 1 is 1.39 bits per heavy atom. The monoisotopic (exact) mass is 313 g/mol. The van der Waals surface area contributed by atoms with Crippen molar-refractivity contribution in [2.75, 3.05) is 5.32 Å². The molecule has 2 aromatic rings. The Labute approximate surface area is 132 Å². The van der Waals surface area contributed by atoms with E-state index >= 15 is 0 Å². The van der Waals surface area contributed by atoms with Gasteiger partial charge in [0.05, 0.1) is 23.1 Å². The van der Waals surface area contributed by atoms with Crippen LogP contribution < -0.4 is 5.32 Å². The second-order valence-electron chi connectivity index (χ2n) is 5.43. The Hall–Kier alpha value is -3.21. The van der Waals surface area contributed by atoms with Gasteiger partial charge in [0, 0.05) is 6.20 Å². The molecule has 0 radical (unpaired) electrons. The van der Waals surface area contributed by atoms with Crippen molar-refractivity contribution in [2.45, 2.75) is 26.3 Å². The van der Waals surface area contributed by atoms with Gasteiger partial charge in [-0.3, -0.25) is 9.48 Å². The minimum atomic E-state index is -1.23. The van der Waals surface area contributed by atoms with E-state index in [2.05, 4.69) is 15.4 Å². The fourth-order valence-electron chi connectivity index (χ4n) is 1.79. The van der Waals surface area contributed by atoms with Crippen LogP contribution in [-0.4, -0.2) is 31.7 Å². The highest BCUT2D eigenvalue weighted by molar-refractivity contribution is 6.02. The van der Waals surface area contributed by atoms with Gasteiger partial charge in [-0.25, -0.2) is 9.78 Å². The average Bonchev–Trinajstić information content (AvgIpc) is 2.96. The molecule has 2 aromatic heterocycles. The molecule has 2 rings (SSSR count). The van der Waals surface area contributed by atoms with Gasteiger partial charge >= 0.3 is 5.97 Å². The molecule has 0 spiro atoms. The van der Waals surface area contributed by atoms with Crippen LogP contribution in [0.15, 0.2) is 24.5 Å². The minimum Gasteiger partial charge on any atom is -0.479 e. The van der Waals surface area contributed by atoms with Crippen LogP contribution in [0.25, 0.3) is 0 Å². The molecule has 118 valence electrons. The molecule has 23 heavy (non-hydrogen) atoms. The number of pyridine rings is 1. The number of aliphatic carboxylic acids is 1. The van der Waals surface area contributed by atoms with E-state index in [-0.39, 0.29) is 5.69 Å². The predicted octanol–water partition coefficient (Wildman–Crippen LogP) is 1.53. The maximum atomic E-state index is 12.1. The van der Waals surface area contributed by atoms with E-state index < -0.39 is 17.4 Å². The van der Waals surface area contributed by atoms with Gasteiger partial charge in [0.15, 0.2) is 5.54 Å². The fourth-order valence-corrected chi connectivity index (χ4v) is 1.79. The number of carbonyl (C=O) groups is 2. The normalized spacial score (nSPS) is 10.9. The molecule has 0 saturated carbocycles. The van der Waals surface area contributed by atoms with Crippen molar-refractivity contribution in [3.63, 3.8) is 0 Å². The van der Waals surface area contributed by atoms with Gasteiger partial charge in [-0.15, -0.1) is 0 Å². The lowest BCUT2D eigenvalue weighted by Crippen LogP contribution is -2.35. The summed E-state index contributed by atoms with van der Waals surface area (Å²) in [6, 6.07) is 4.95. The summed E-state index contributed by atoms with van der Waals surface area (Å²) in [5, 5.41) is 24.6. The SMILES string of the molecule is Cc1nc(C(=O)Nc2cnn(C(C)(C)C(=O)O)c2)ccc1C#N. The van der Waals surface area contributed by atoms with Gasteiger partial charge in [0.1, 0.15) is 11.8 Å². The summed E-state index contributed by atoms with van der Waals surface area (Å²) in [5.74, 6) is -1.51. The standard InChI is InChI=1S/C15H15N5O3/c1-9-10(6-16)4-5-12(18-9)13(21)19-11-7-17-20(8-11)15(2,3)14(22)23/h4-5,7-8H,1-3H3,(H,19,21)(H,22,23). The third-order valence-corrected chi connectivity index (χ3v) is 3.38. The number of carboxylic acid groups (broad SMARTS) is 1. The zero-order valence-corrected chi connectivity index (χ0v) is 12.9. The quantitative estimate of drug-likeness (QED) is 0.883. The number of nitrogens with zero attached hydrogens (tertiary/aromatic N) is 4. The second-order valence-corrected chi connectivity index (χ2v) is 5.43. The molecule has 8 heteroatoms. The van der Waals surface area contributed by atoms with Crippen LogP contribution in [0.2, 0.25) is 0 Å². The van der Waals surface area contributed by atoms with E-state index in [1.54, 1.807) is 6.92 Å². The largest absolute Gasteiger partial charge is 0.479 e.